The molecule has 1 fully saturated rings. The van der Waals surface area contributed by atoms with E-state index in [4.69, 9.17) is 0 Å². The van der Waals surface area contributed by atoms with Crippen molar-refractivity contribution in [1.29, 1.82) is 0 Å². The Morgan fingerprint density at radius 1 is 1.26 bits per heavy atom. The minimum atomic E-state index is 0.0760. The largest absolute Gasteiger partial charge is 0.336 e. The molecule has 0 aliphatic carbocycles. The highest BCUT2D eigenvalue weighted by Gasteiger charge is 2.42. The Hall–Kier alpha value is -2.10. The monoisotopic (exact) mass is 311 g/mol. The van der Waals surface area contributed by atoms with Crippen LogP contribution in [0.4, 0.5) is 0 Å². The molecule has 3 rings (SSSR count). The van der Waals surface area contributed by atoms with Crippen LogP contribution in [0, 0.1) is 5.41 Å². The van der Waals surface area contributed by atoms with Crippen molar-refractivity contribution in [3.63, 3.8) is 0 Å². The second kappa shape index (κ2) is 6.19. The van der Waals surface area contributed by atoms with Crippen molar-refractivity contribution in [2.24, 2.45) is 5.41 Å². The van der Waals surface area contributed by atoms with Crippen molar-refractivity contribution >= 4 is 5.91 Å². The van der Waals surface area contributed by atoms with Gasteiger partial charge >= 0.3 is 0 Å². The molecular weight excluding hydrogens is 286 g/mol. The molecule has 122 valence electrons. The summed E-state index contributed by atoms with van der Waals surface area (Å²) in [5, 5.41) is 4.28. The van der Waals surface area contributed by atoms with Crippen molar-refractivity contribution in [2.75, 3.05) is 13.1 Å². The first-order valence-electron chi connectivity index (χ1n) is 8.39. The van der Waals surface area contributed by atoms with Gasteiger partial charge in [-0.25, -0.2) is 0 Å². The van der Waals surface area contributed by atoms with E-state index in [0.717, 1.165) is 26.1 Å². The molecule has 0 N–H and O–H groups in total. The van der Waals surface area contributed by atoms with Crippen LogP contribution in [0.3, 0.4) is 0 Å². The first kappa shape index (κ1) is 15.8. The standard InChI is InChI=1S/C19H25N3O/c1-4-12-22-17(10-11-20-22)18(23)21-13-16(19(2,3)14-21)15-8-6-5-7-9-15/h5-11,16H,4,12-14H2,1-3H3/t16-/m0/s1. The zero-order valence-corrected chi connectivity index (χ0v) is 14.2. The second-order valence-corrected chi connectivity index (χ2v) is 7.08. The van der Waals surface area contributed by atoms with E-state index in [0.29, 0.717) is 11.6 Å². The van der Waals surface area contributed by atoms with Crippen LogP contribution in [0.15, 0.2) is 42.6 Å². The highest BCUT2D eigenvalue weighted by atomic mass is 16.2. The number of carbonyl (C=O) groups excluding carboxylic acids is 1. The van der Waals surface area contributed by atoms with Gasteiger partial charge in [-0.15, -0.1) is 0 Å². The number of nitrogens with zero attached hydrogens (tertiary/aromatic N) is 3. The summed E-state index contributed by atoms with van der Waals surface area (Å²) in [6, 6.07) is 12.4. The van der Waals surface area contributed by atoms with Crippen LogP contribution in [0.1, 0.15) is 49.2 Å². The van der Waals surface area contributed by atoms with Crippen molar-refractivity contribution in [3.8, 4) is 0 Å². The summed E-state index contributed by atoms with van der Waals surface area (Å²) < 4.78 is 1.82. The summed E-state index contributed by atoms with van der Waals surface area (Å²) in [5.41, 5.74) is 2.10. The fraction of sp³-hybridized carbons (Fsp3) is 0.474. The number of hydrogen-bond acceptors (Lipinski definition) is 2. The fourth-order valence-electron chi connectivity index (χ4n) is 3.60. The number of hydrogen-bond donors (Lipinski definition) is 0. The van der Waals surface area contributed by atoms with Crippen molar-refractivity contribution in [2.45, 2.75) is 39.7 Å². The average Bonchev–Trinajstić information content (AvgIpc) is 3.12. The maximum atomic E-state index is 12.9. The summed E-state index contributed by atoms with van der Waals surface area (Å²) in [5.74, 6) is 0.470. The van der Waals surface area contributed by atoms with E-state index in [2.05, 4.69) is 50.1 Å². The first-order valence-corrected chi connectivity index (χ1v) is 8.39. The third-order valence-electron chi connectivity index (χ3n) is 4.80. The van der Waals surface area contributed by atoms with Crippen LogP contribution < -0.4 is 0 Å². The number of benzene rings is 1. The van der Waals surface area contributed by atoms with Crippen molar-refractivity contribution < 1.29 is 4.79 Å². The SMILES string of the molecule is CCCn1nccc1C(=O)N1C[C@@H](c2ccccc2)C(C)(C)C1. The summed E-state index contributed by atoms with van der Waals surface area (Å²) in [4.78, 5) is 14.9. The summed E-state index contributed by atoms with van der Waals surface area (Å²) in [6.45, 7) is 8.94. The molecule has 0 saturated carbocycles. The lowest BCUT2D eigenvalue weighted by Gasteiger charge is -2.25. The van der Waals surface area contributed by atoms with Gasteiger partial charge in [-0.1, -0.05) is 51.1 Å². The number of likely N-dealkylation sites (tertiary alicyclic amines) is 1. The number of rotatable bonds is 4. The topological polar surface area (TPSA) is 38.1 Å². The molecule has 0 spiro atoms. The number of amides is 1. The van der Waals surface area contributed by atoms with Gasteiger partial charge in [0.15, 0.2) is 0 Å². The molecule has 23 heavy (non-hydrogen) atoms. The highest BCUT2D eigenvalue weighted by Crippen LogP contribution is 2.42. The van der Waals surface area contributed by atoms with Crippen LogP contribution >= 0.6 is 0 Å². The molecular formula is C19H25N3O. The van der Waals surface area contributed by atoms with E-state index in [9.17, 15) is 4.79 Å². The van der Waals surface area contributed by atoms with Crippen LogP contribution in [0.25, 0.3) is 0 Å². The Morgan fingerprint density at radius 2 is 2.00 bits per heavy atom. The van der Waals surface area contributed by atoms with E-state index in [-0.39, 0.29) is 11.3 Å². The fourth-order valence-corrected chi connectivity index (χ4v) is 3.60. The maximum absolute atomic E-state index is 12.9. The minimum absolute atomic E-state index is 0.0760. The molecule has 1 aromatic heterocycles. The predicted octanol–water partition coefficient (Wildman–Crippen LogP) is 3.56. The second-order valence-electron chi connectivity index (χ2n) is 7.08. The lowest BCUT2D eigenvalue weighted by atomic mass is 9.78. The molecule has 1 amide bonds. The third kappa shape index (κ3) is 3.03. The predicted molar refractivity (Wildman–Crippen MR) is 91.4 cm³/mol. The van der Waals surface area contributed by atoms with E-state index >= 15 is 0 Å². The van der Waals surface area contributed by atoms with E-state index in [1.807, 2.05) is 21.7 Å². The molecule has 2 heterocycles. The normalized spacial score (nSPS) is 20.0. The minimum Gasteiger partial charge on any atom is -0.336 e. The Balaban J connectivity index is 1.82. The van der Waals surface area contributed by atoms with Gasteiger partial charge in [-0.3, -0.25) is 9.48 Å². The zero-order valence-electron chi connectivity index (χ0n) is 14.2. The van der Waals surface area contributed by atoms with Crippen molar-refractivity contribution in [1.82, 2.24) is 14.7 Å². The van der Waals surface area contributed by atoms with Gasteiger partial charge in [-0.05, 0) is 23.5 Å². The molecule has 1 saturated heterocycles. The van der Waals surface area contributed by atoms with Gasteiger partial charge in [0, 0.05) is 31.7 Å². The van der Waals surface area contributed by atoms with Crippen LogP contribution in [-0.2, 0) is 6.54 Å². The van der Waals surface area contributed by atoms with E-state index < -0.39 is 0 Å². The van der Waals surface area contributed by atoms with Crippen molar-refractivity contribution in [3.05, 3.63) is 53.9 Å². The third-order valence-corrected chi connectivity index (χ3v) is 4.80. The van der Waals surface area contributed by atoms with Gasteiger partial charge in [0.05, 0.1) is 0 Å². The van der Waals surface area contributed by atoms with Crippen LogP contribution in [-0.4, -0.2) is 33.7 Å². The first-order chi connectivity index (χ1) is 11.0. The summed E-state index contributed by atoms with van der Waals surface area (Å²) in [6.07, 6.45) is 2.69. The van der Waals surface area contributed by atoms with E-state index in [1.54, 1.807) is 6.20 Å². The number of carbonyl (C=O) groups is 1. The van der Waals surface area contributed by atoms with Gasteiger partial charge in [-0.2, -0.15) is 5.10 Å². The molecule has 4 heteroatoms. The smallest absolute Gasteiger partial charge is 0.272 e. The molecule has 2 aromatic rings. The van der Waals surface area contributed by atoms with E-state index in [1.165, 1.54) is 5.56 Å². The summed E-state index contributed by atoms with van der Waals surface area (Å²) >= 11 is 0. The van der Waals surface area contributed by atoms with Crippen LogP contribution in [0.5, 0.6) is 0 Å². The molecule has 1 aliphatic heterocycles. The Morgan fingerprint density at radius 3 is 2.70 bits per heavy atom. The highest BCUT2D eigenvalue weighted by molar-refractivity contribution is 5.92. The molecule has 1 aliphatic rings. The van der Waals surface area contributed by atoms with Crippen LogP contribution in [0.2, 0.25) is 0 Å². The zero-order chi connectivity index (χ0) is 16.4. The Bertz CT molecular complexity index is 675. The van der Waals surface area contributed by atoms with Gasteiger partial charge < -0.3 is 4.90 Å². The Labute approximate surface area is 138 Å². The number of aryl methyl sites for hydroxylation is 1. The summed E-state index contributed by atoms with van der Waals surface area (Å²) in [7, 11) is 0. The molecule has 0 bridgehead atoms. The molecule has 1 atom stereocenters. The quantitative estimate of drug-likeness (QED) is 0.866. The molecule has 0 radical (unpaired) electrons. The molecule has 4 nitrogen and oxygen atoms in total. The number of aromatic nitrogens is 2. The molecule has 0 unspecified atom stereocenters. The Kier molecular flexibility index (Phi) is 4.24. The average molecular weight is 311 g/mol. The van der Waals surface area contributed by atoms with Gasteiger partial charge in [0.2, 0.25) is 0 Å². The lowest BCUT2D eigenvalue weighted by molar-refractivity contribution is 0.0765. The molecule has 1 aromatic carbocycles. The maximum Gasteiger partial charge on any atom is 0.272 e. The van der Waals surface area contributed by atoms with Gasteiger partial charge in [0.25, 0.3) is 5.91 Å². The lowest BCUT2D eigenvalue weighted by Crippen LogP contribution is -2.32. The van der Waals surface area contributed by atoms with Gasteiger partial charge in [0.1, 0.15) is 5.69 Å².